The van der Waals surface area contributed by atoms with Crippen LogP contribution in [0.2, 0.25) is 0 Å². The molecule has 4 aliphatic rings. The molecule has 4 bridgehead atoms. The third-order valence-corrected chi connectivity index (χ3v) is 5.28. The standard InChI is InChI=1S/C17H18O6/c1-7-11-8(2)13-15(14(21-11)12(7)22-13)23-17(20)10-6-4-3-5-9(10)16(18)19/h3-8,11-15H,1-2H3,(H,18,19)/p-1/t7-,8+,11+,12+,13-,14?,15-/m0/s1. The first-order chi connectivity index (χ1) is 11.0. The van der Waals surface area contributed by atoms with Crippen LogP contribution in [-0.2, 0) is 14.2 Å². The van der Waals surface area contributed by atoms with Gasteiger partial charge in [0.1, 0.15) is 12.2 Å². The van der Waals surface area contributed by atoms with E-state index in [2.05, 4.69) is 6.92 Å². The number of carboxylic acid groups (broad SMARTS) is 1. The molecule has 1 aromatic rings. The highest BCUT2D eigenvalue weighted by molar-refractivity contribution is 6.01. The molecule has 0 aliphatic carbocycles. The van der Waals surface area contributed by atoms with E-state index in [0.29, 0.717) is 0 Å². The van der Waals surface area contributed by atoms with E-state index in [9.17, 15) is 14.7 Å². The number of rotatable bonds is 3. The molecule has 4 fully saturated rings. The van der Waals surface area contributed by atoms with E-state index in [0.717, 1.165) is 0 Å². The predicted molar refractivity (Wildman–Crippen MR) is 75.6 cm³/mol. The molecule has 7 atom stereocenters. The van der Waals surface area contributed by atoms with E-state index in [1.54, 1.807) is 6.07 Å². The number of benzene rings is 1. The van der Waals surface area contributed by atoms with Gasteiger partial charge >= 0.3 is 5.97 Å². The topological polar surface area (TPSA) is 84.9 Å². The summed E-state index contributed by atoms with van der Waals surface area (Å²) in [6.07, 6.45) is -0.891. The summed E-state index contributed by atoms with van der Waals surface area (Å²) in [5, 5.41) is 11.1. The normalized spacial score (nSPS) is 40.3. The van der Waals surface area contributed by atoms with Crippen LogP contribution in [0.3, 0.4) is 0 Å². The maximum Gasteiger partial charge on any atom is 0.339 e. The summed E-state index contributed by atoms with van der Waals surface area (Å²) in [4.78, 5) is 23.6. The Labute approximate surface area is 133 Å². The number of esters is 1. The third kappa shape index (κ3) is 2.01. The van der Waals surface area contributed by atoms with Crippen molar-refractivity contribution in [2.75, 3.05) is 0 Å². The van der Waals surface area contributed by atoms with Gasteiger partial charge < -0.3 is 24.1 Å². The summed E-state index contributed by atoms with van der Waals surface area (Å²) in [6.45, 7) is 4.11. The highest BCUT2D eigenvalue weighted by Gasteiger charge is 2.65. The van der Waals surface area contributed by atoms with Crippen LogP contribution in [-0.4, -0.2) is 42.5 Å². The molecule has 23 heavy (non-hydrogen) atoms. The van der Waals surface area contributed by atoms with Crippen molar-refractivity contribution in [1.82, 2.24) is 0 Å². The van der Waals surface area contributed by atoms with Crippen LogP contribution in [0.1, 0.15) is 34.6 Å². The van der Waals surface area contributed by atoms with Gasteiger partial charge in [-0.05, 0) is 6.07 Å². The largest absolute Gasteiger partial charge is 0.545 e. The molecule has 6 heteroatoms. The maximum absolute atomic E-state index is 12.4. The minimum Gasteiger partial charge on any atom is -0.545 e. The molecule has 4 heterocycles. The van der Waals surface area contributed by atoms with Crippen LogP contribution in [0.5, 0.6) is 0 Å². The number of ether oxygens (including phenoxy) is 3. The van der Waals surface area contributed by atoms with Crippen molar-refractivity contribution in [2.24, 2.45) is 11.8 Å². The van der Waals surface area contributed by atoms with Gasteiger partial charge in [0.25, 0.3) is 0 Å². The Morgan fingerprint density at radius 2 is 1.57 bits per heavy atom. The predicted octanol–water partition coefficient (Wildman–Crippen LogP) is 0.396. The van der Waals surface area contributed by atoms with Crippen molar-refractivity contribution < 1.29 is 28.9 Å². The van der Waals surface area contributed by atoms with Gasteiger partial charge in [0, 0.05) is 17.4 Å². The minimum absolute atomic E-state index is 0.00878. The molecule has 0 N–H and O–H groups in total. The first-order valence-electron chi connectivity index (χ1n) is 7.81. The third-order valence-electron chi connectivity index (χ3n) is 5.28. The average Bonchev–Trinajstić information content (AvgIpc) is 2.96. The summed E-state index contributed by atoms with van der Waals surface area (Å²) in [6, 6.07) is 5.88. The summed E-state index contributed by atoms with van der Waals surface area (Å²) in [5.74, 6) is -1.68. The number of hydrogen-bond donors (Lipinski definition) is 0. The fraction of sp³-hybridized carbons (Fsp3) is 0.529. The van der Waals surface area contributed by atoms with Crippen LogP contribution in [0, 0.1) is 11.8 Å². The van der Waals surface area contributed by atoms with Crippen molar-refractivity contribution in [3.8, 4) is 0 Å². The zero-order chi connectivity index (χ0) is 16.3. The van der Waals surface area contributed by atoms with Crippen LogP contribution in [0.4, 0.5) is 0 Å². The first kappa shape index (κ1) is 14.7. The Hall–Kier alpha value is -1.92. The maximum atomic E-state index is 12.4. The first-order valence-corrected chi connectivity index (χ1v) is 7.81. The molecule has 0 saturated carbocycles. The molecule has 0 aromatic heterocycles. The van der Waals surface area contributed by atoms with Gasteiger partial charge in [0.05, 0.1) is 23.7 Å². The Morgan fingerprint density at radius 1 is 0.957 bits per heavy atom. The molecule has 5 rings (SSSR count). The average molecular weight is 317 g/mol. The molecule has 122 valence electrons. The molecule has 4 aliphatic heterocycles. The number of carboxylic acids is 1. The van der Waals surface area contributed by atoms with Crippen molar-refractivity contribution in [1.29, 1.82) is 0 Å². The lowest BCUT2D eigenvalue weighted by molar-refractivity contribution is -0.255. The lowest BCUT2D eigenvalue weighted by Crippen LogP contribution is -2.49. The molecule has 0 spiro atoms. The van der Waals surface area contributed by atoms with E-state index in [1.165, 1.54) is 18.2 Å². The van der Waals surface area contributed by atoms with Gasteiger partial charge in [0.15, 0.2) is 6.10 Å². The van der Waals surface area contributed by atoms with E-state index in [4.69, 9.17) is 14.2 Å². The Bertz CT molecular complexity index is 667. The van der Waals surface area contributed by atoms with Crippen molar-refractivity contribution in [3.63, 3.8) is 0 Å². The van der Waals surface area contributed by atoms with Crippen molar-refractivity contribution >= 4 is 11.9 Å². The van der Waals surface area contributed by atoms with Gasteiger partial charge in [-0.1, -0.05) is 32.0 Å². The number of carbonyl (C=O) groups excluding carboxylic acids is 2. The molecule has 1 unspecified atom stereocenters. The Kier molecular flexibility index (Phi) is 3.21. The number of carbonyl (C=O) groups is 2. The smallest absolute Gasteiger partial charge is 0.339 e. The van der Waals surface area contributed by atoms with E-state index < -0.39 is 18.0 Å². The van der Waals surface area contributed by atoms with Crippen LogP contribution in [0.25, 0.3) is 0 Å². The molecule has 0 amide bonds. The number of hydrogen-bond acceptors (Lipinski definition) is 6. The second-order valence-electron chi connectivity index (χ2n) is 6.55. The van der Waals surface area contributed by atoms with Crippen LogP contribution < -0.4 is 5.11 Å². The van der Waals surface area contributed by atoms with Gasteiger partial charge in [0.2, 0.25) is 0 Å². The van der Waals surface area contributed by atoms with E-state index in [-0.39, 0.29) is 47.4 Å². The Balaban J connectivity index is 1.58. The lowest BCUT2D eigenvalue weighted by Gasteiger charge is -2.38. The van der Waals surface area contributed by atoms with Gasteiger partial charge in [-0.25, -0.2) is 4.79 Å². The summed E-state index contributed by atoms with van der Waals surface area (Å²) in [7, 11) is 0. The molecular formula is C17H17O6-. The summed E-state index contributed by atoms with van der Waals surface area (Å²) in [5.41, 5.74) is -0.182. The fourth-order valence-corrected chi connectivity index (χ4v) is 4.15. The highest BCUT2D eigenvalue weighted by Crippen LogP contribution is 2.50. The van der Waals surface area contributed by atoms with Crippen molar-refractivity contribution in [3.05, 3.63) is 35.4 Å². The van der Waals surface area contributed by atoms with Crippen molar-refractivity contribution in [2.45, 2.75) is 44.4 Å². The summed E-state index contributed by atoms with van der Waals surface area (Å²) >= 11 is 0. The van der Waals surface area contributed by atoms with E-state index >= 15 is 0 Å². The number of aromatic carboxylic acids is 1. The molecule has 4 saturated heterocycles. The molecule has 6 nitrogen and oxygen atoms in total. The lowest BCUT2D eigenvalue weighted by atomic mass is 9.87. The van der Waals surface area contributed by atoms with Crippen LogP contribution >= 0.6 is 0 Å². The molecule has 0 radical (unpaired) electrons. The second kappa shape index (κ2) is 5.04. The van der Waals surface area contributed by atoms with E-state index in [1.807, 2.05) is 6.92 Å². The highest BCUT2D eigenvalue weighted by atomic mass is 16.6. The van der Waals surface area contributed by atoms with Gasteiger partial charge in [-0.3, -0.25) is 0 Å². The van der Waals surface area contributed by atoms with Gasteiger partial charge in [-0.2, -0.15) is 0 Å². The second-order valence-corrected chi connectivity index (χ2v) is 6.55. The SMILES string of the molecule is C[C@@H]1[C@@H]2OC3[C@@H](OC(=O)c4ccccc4C(=O)[O-])[C@H]1O[C@@H]3[C@H]2C. The van der Waals surface area contributed by atoms with Gasteiger partial charge in [-0.15, -0.1) is 0 Å². The zero-order valence-electron chi connectivity index (χ0n) is 12.8. The zero-order valence-corrected chi connectivity index (χ0v) is 12.8. The Morgan fingerprint density at radius 3 is 2.26 bits per heavy atom. The van der Waals surface area contributed by atoms with Crippen LogP contribution in [0.15, 0.2) is 24.3 Å². The summed E-state index contributed by atoms with van der Waals surface area (Å²) < 4.78 is 17.5. The monoisotopic (exact) mass is 317 g/mol. The minimum atomic E-state index is -1.40. The fourth-order valence-electron chi connectivity index (χ4n) is 4.15. The molecule has 1 aromatic carbocycles. The molecular weight excluding hydrogens is 300 g/mol. The quantitative estimate of drug-likeness (QED) is 0.750.